The Hall–Kier alpha value is -1.55. The minimum atomic E-state index is 0.0717. The zero-order chi connectivity index (χ0) is 15.1. The molecule has 0 bridgehead atoms. The van der Waals surface area contributed by atoms with Gasteiger partial charge in [-0.2, -0.15) is 0 Å². The zero-order valence-corrected chi connectivity index (χ0v) is 13.1. The number of rotatable bonds is 6. The smallest absolute Gasteiger partial charge is 0.223 e. The second-order valence-corrected chi connectivity index (χ2v) is 6.25. The Morgan fingerprint density at radius 3 is 2.86 bits per heavy atom. The highest BCUT2D eigenvalue weighted by atomic mass is 16.5. The summed E-state index contributed by atoms with van der Waals surface area (Å²) in [6.07, 6.45) is 2.64. The summed E-state index contributed by atoms with van der Waals surface area (Å²) >= 11 is 0. The van der Waals surface area contributed by atoms with Crippen molar-refractivity contribution in [2.45, 2.75) is 33.1 Å². The van der Waals surface area contributed by atoms with Gasteiger partial charge in [0.2, 0.25) is 5.91 Å². The molecule has 116 valence electrons. The summed E-state index contributed by atoms with van der Waals surface area (Å²) in [6.45, 7) is 7.55. The topological polar surface area (TPSA) is 50.4 Å². The van der Waals surface area contributed by atoms with E-state index in [4.69, 9.17) is 4.74 Å². The Labute approximate surface area is 127 Å². The van der Waals surface area contributed by atoms with Crippen LogP contribution < -0.4 is 15.4 Å². The molecule has 0 radical (unpaired) electrons. The number of amides is 1. The average Bonchev–Trinajstić information content (AvgIpc) is 2.46. The number of carbonyl (C=O) groups excluding carboxylic acids is 1. The molecule has 2 rings (SSSR count). The number of ether oxygens (including phenoxy) is 1. The van der Waals surface area contributed by atoms with Crippen LogP contribution in [-0.4, -0.2) is 32.1 Å². The Balaban J connectivity index is 1.65. The summed E-state index contributed by atoms with van der Waals surface area (Å²) in [5.41, 5.74) is 1.40. The summed E-state index contributed by atoms with van der Waals surface area (Å²) in [4.78, 5) is 11.9. The van der Waals surface area contributed by atoms with E-state index in [1.165, 1.54) is 0 Å². The first-order valence-corrected chi connectivity index (χ1v) is 7.74. The molecule has 1 aromatic carbocycles. The second kappa shape index (κ2) is 7.46. The second-order valence-electron chi connectivity index (χ2n) is 6.25. The average molecular weight is 290 g/mol. The number of aryl methyl sites for hydroxylation is 1. The summed E-state index contributed by atoms with van der Waals surface area (Å²) in [7, 11) is 0. The first-order chi connectivity index (χ1) is 10.1. The zero-order valence-electron chi connectivity index (χ0n) is 13.1. The molecule has 4 heteroatoms. The maximum Gasteiger partial charge on any atom is 0.223 e. The van der Waals surface area contributed by atoms with Crippen molar-refractivity contribution in [3.8, 4) is 5.75 Å². The Morgan fingerprint density at radius 2 is 2.14 bits per heavy atom. The van der Waals surface area contributed by atoms with Crippen molar-refractivity contribution in [3.63, 3.8) is 0 Å². The number of benzene rings is 1. The van der Waals surface area contributed by atoms with E-state index in [1.54, 1.807) is 0 Å². The van der Waals surface area contributed by atoms with Crippen molar-refractivity contribution in [2.75, 3.05) is 26.2 Å². The molecule has 1 amide bonds. The van der Waals surface area contributed by atoms with Crippen LogP contribution in [0.15, 0.2) is 24.3 Å². The highest BCUT2D eigenvalue weighted by Crippen LogP contribution is 2.26. The Bertz CT molecular complexity index is 468. The molecule has 1 heterocycles. The Morgan fingerprint density at radius 1 is 1.38 bits per heavy atom. The normalized spacial score (nSPS) is 17.2. The van der Waals surface area contributed by atoms with Gasteiger partial charge in [0, 0.05) is 6.54 Å². The van der Waals surface area contributed by atoms with Crippen LogP contribution >= 0.6 is 0 Å². The van der Waals surface area contributed by atoms with Crippen molar-refractivity contribution >= 4 is 5.91 Å². The molecule has 1 aliphatic rings. The predicted molar refractivity (Wildman–Crippen MR) is 84.5 cm³/mol. The van der Waals surface area contributed by atoms with Gasteiger partial charge in [-0.05, 0) is 56.0 Å². The maximum absolute atomic E-state index is 11.9. The third-order valence-corrected chi connectivity index (χ3v) is 4.11. The van der Waals surface area contributed by atoms with Crippen LogP contribution in [-0.2, 0) is 4.79 Å². The Kier molecular flexibility index (Phi) is 5.62. The van der Waals surface area contributed by atoms with Gasteiger partial charge in [0.05, 0.1) is 13.0 Å². The quantitative estimate of drug-likeness (QED) is 0.845. The third-order valence-electron chi connectivity index (χ3n) is 4.11. The molecule has 1 fully saturated rings. The molecule has 1 aliphatic heterocycles. The van der Waals surface area contributed by atoms with E-state index in [0.717, 1.165) is 43.8 Å². The lowest BCUT2D eigenvalue weighted by Gasteiger charge is -2.34. The van der Waals surface area contributed by atoms with Crippen molar-refractivity contribution in [3.05, 3.63) is 29.8 Å². The molecule has 0 atom stereocenters. The van der Waals surface area contributed by atoms with Crippen LogP contribution in [0.1, 0.15) is 31.7 Å². The molecule has 21 heavy (non-hydrogen) atoms. The summed E-state index contributed by atoms with van der Waals surface area (Å²) in [5.74, 6) is 0.899. The van der Waals surface area contributed by atoms with Crippen LogP contribution in [0, 0.1) is 12.3 Å². The standard InChI is InChI=1S/C17H26N2O2/c1-14-4-3-5-15(12-14)21-11-6-16(20)19-13-17(2)7-9-18-10-8-17/h3-5,12,18H,6-11,13H2,1-2H3,(H,19,20). The molecule has 0 aliphatic carbocycles. The SMILES string of the molecule is Cc1cccc(OCCC(=O)NCC2(C)CCNCC2)c1. The predicted octanol–water partition coefficient (Wildman–Crippen LogP) is 2.27. The molecular formula is C17H26N2O2. The summed E-state index contributed by atoms with van der Waals surface area (Å²) in [6, 6.07) is 7.89. The number of piperidine rings is 1. The fourth-order valence-electron chi connectivity index (χ4n) is 2.57. The molecule has 4 nitrogen and oxygen atoms in total. The van der Waals surface area contributed by atoms with Crippen molar-refractivity contribution in [1.82, 2.24) is 10.6 Å². The van der Waals surface area contributed by atoms with E-state index in [2.05, 4.69) is 17.6 Å². The van der Waals surface area contributed by atoms with Crippen molar-refractivity contribution in [2.24, 2.45) is 5.41 Å². The molecule has 0 spiro atoms. The van der Waals surface area contributed by atoms with Gasteiger partial charge in [0.1, 0.15) is 5.75 Å². The maximum atomic E-state index is 11.9. The third kappa shape index (κ3) is 5.38. The van der Waals surface area contributed by atoms with Gasteiger partial charge >= 0.3 is 0 Å². The first-order valence-electron chi connectivity index (χ1n) is 7.74. The molecule has 2 N–H and O–H groups in total. The van der Waals surface area contributed by atoms with Gasteiger partial charge in [-0.15, -0.1) is 0 Å². The van der Waals surface area contributed by atoms with Gasteiger partial charge < -0.3 is 15.4 Å². The van der Waals surface area contributed by atoms with Gasteiger partial charge in [-0.1, -0.05) is 19.1 Å². The molecule has 1 saturated heterocycles. The van der Waals surface area contributed by atoms with Crippen LogP contribution in [0.3, 0.4) is 0 Å². The minimum Gasteiger partial charge on any atom is -0.493 e. The van der Waals surface area contributed by atoms with Crippen LogP contribution in [0.2, 0.25) is 0 Å². The fourth-order valence-corrected chi connectivity index (χ4v) is 2.57. The van der Waals surface area contributed by atoms with Crippen molar-refractivity contribution < 1.29 is 9.53 Å². The van der Waals surface area contributed by atoms with Crippen LogP contribution in [0.5, 0.6) is 5.75 Å². The number of nitrogens with one attached hydrogen (secondary N) is 2. The first kappa shape index (κ1) is 15.8. The highest BCUT2D eigenvalue weighted by molar-refractivity contribution is 5.76. The van der Waals surface area contributed by atoms with E-state index in [9.17, 15) is 4.79 Å². The lowest BCUT2D eigenvalue weighted by molar-refractivity contribution is -0.122. The lowest BCUT2D eigenvalue weighted by Crippen LogP contribution is -2.43. The summed E-state index contributed by atoms with van der Waals surface area (Å²) < 4.78 is 5.60. The van der Waals surface area contributed by atoms with E-state index < -0.39 is 0 Å². The van der Waals surface area contributed by atoms with Crippen LogP contribution in [0.4, 0.5) is 0 Å². The van der Waals surface area contributed by atoms with Gasteiger partial charge in [-0.3, -0.25) is 4.79 Å². The largest absolute Gasteiger partial charge is 0.493 e. The molecule has 0 unspecified atom stereocenters. The van der Waals surface area contributed by atoms with Crippen LogP contribution in [0.25, 0.3) is 0 Å². The molecule has 0 aromatic heterocycles. The van der Waals surface area contributed by atoms with E-state index in [-0.39, 0.29) is 11.3 Å². The van der Waals surface area contributed by atoms with E-state index in [1.807, 2.05) is 31.2 Å². The monoisotopic (exact) mass is 290 g/mol. The van der Waals surface area contributed by atoms with E-state index in [0.29, 0.717) is 13.0 Å². The molecular weight excluding hydrogens is 264 g/mol. The van der Waals surface area contributed by atoms with Gasteiger partial charge in [0.15, 0.2) is 0 Å². The van der Waals surface area contributed by atoms with Gasteiger partial charge in [-0.25, -0.2) is 0 Å². The number of hydrogen-bond acceptors (Lipinski definition) is 3. The van der Waals surface area contributed by atoms with Crippen molar-refractivity contribution in [1.29, 1.82) is 0 Å². The fraction of sp³-hybridized carbons (Fsp3) is 0.588. The van der Waals surface area contributed by atoms with Gasteiger partial charge in [0.25, 0.3) is 0 Å². The van der Waals surface area contributed by atoms with E-state index >= 15 is 0 Å². The summed E-state index contributed by atoms with van der Waals surface area (Å²) in [5, 5.41) is 6.40. The highest BCUT2D eigenvalue weighted by Gasteiger charge is 2.26. The number of carbonyl (C=O) groups is 1. The molecule has 1 aromatic rings. The number of hydrogen-bond donors (Lipinski definition) is 2. The molecule has 0 saturated carbocycles. The minimum absolute atomic E-state index is 0.0717. The lowest BCUT2D eigenvalue weighted by atomic mass is 9.81.